The number of alkyl halides is 1. The summed E-state index contributed by atoms with van der Waals surface area (Å²) >= 11 is 0. The first-order valence-electron chi connectivity index (χ1n) is 10.5. The molecule has 0 radical (unpaired) electrons. The highest BCUT2D eigenvalue weighted by Crippen LogP contribution is 2.34. The van der Waals surface area contributed by atoms with Crippen LogP contribution >= 0.6 is 0 Å². The molecule has 0 bridgehead atoms. The second-order valence-electron chi connectivity index (χ2n) is 7.66. The molecule has 0 aliphatic carbocycles. The van der Waals surface area contributed by atoms with Crippen LogP contribution in [-0.2, 0) is 19.8 Å². The summed E-state index contributed by atoms with van der Waals surface area (Å²) in [7, 11) is 1.55. The number of halogens is 3. The molecular formula is C25H22F3N3O2. The molecule has 0 spiro atoms. The van der Waals surface area contributed by atoms with Crippen LogP contribution in [0.4, 0.5) is 13.2 Å². The first-order chi connectivity index (χ1) is 15.9. The van der Waals surface area contributed by atoms with Crippen molar-refractivity contribution in [1.29, 1.82) is 0 Å². The highest BCUT2D eigenvalue weighted by molar-refractivity contribution is 5.96. The molecule has 4 rings (SSSR count). The molecule has 170 valence electrons. The molecule has 0 unspecified atom stereocenters. The molecule has 2 heterocycles. The second kappa shape index (κ2) is 9.44. The number of hydrogen-bond acceptors (Lipinski definition) is 4. The molecule has 0 saturated heterocycles. The predicted molar refractivity (Wildman–Crippen MR) is 119 cm³/mol. The number of fused-ring (bicyclic) bond motifs is 1. The van der Waals surface area contributed by atoms with Gasteiger partial charge in [0.2, 0.25) is 0 Å². The molecular weight excluding hydrogens is 431 g/mol. The first-order valence-corrected chi connectivity index (χ1v) is 10.5. The van der Waals surface area contributed by atoms with Gasteiger partial charge in [0.15, 0.2) is 0 Å². The van der Waals surface area contributed by atoms with Crippen molar-refractivity contribution in [1.82, 2.24) is 9.88 Å². The molecule has 1 aromatic heterocycles. The summed E-state index contributed by atoms with van der Waals surface area (Å²) in [5, 5.41) is 0. The van der Waals surface area contributed by atoms with Gasteiger partial charge in [-0.1, -0.05) is 12.1 Å². The smallest absolute Gasteiger partial charge is 0.257 e. The average molecular weight is 453 g/mol. The lowest BCUT2D eigenvalue weighted by molar-refractivity contribution is 0.0779. The van der Waals surface area contributed by atoms with E-state index in [1.54, 1.807) is 26.3 Å². The zero-order valence-corrected chi connectivity index (χ0v) is 18.2. The average Bonchev–Trinajstić information content (AvgIpc) is 3.30. The molecule has 0 N–H and O–H groups in total. The van der Waals surface area contributed by atoms with E-state index in [9.17, 15) is 13.6 Å². The van der Waals surface area contributed by atoms with Crippen molar-refractivity contribution in [3.05, 3.63) is 82.2 Å². The van der Waals surface area contributed by atoms with E-state index in [0.29, 0.717) is 28.9 Å². The fourth-order valence-corrected chi connectivity index (χ4v) is 3.87. The number of benzene rings is 2. The van der Waals surface area contributed by atoms with E-state index < -0.39 is 24.2 Å². The van der Waals surface area contributed by atoms with E-state index >= 15 is 4.39 Å². The molecule has 3 aromatic rings. The van der Waals surface area contributed by atoms with Crippen LogP contribution in [-0.4, -0.2) is 35.7 Å². The normalized spacial score (nSPS) is 12.0. The largest absolute Gasteiger partial charge is 0.493 e. The summed E-state index contributed by atoms with van der Waals surface area (Å²) in [6.07, 6.45) is 3.11. The Morgan fingerprint density at radius 3 is 2.76 bits per heavy atom. The van der Waals surface area contributed by atoms with Crippen LogP contribution in [0.15, 0.2) is 47.6 Å². The fourth-order valence-electron chi connectivity index (χ4n) is 3.87. The summed E-state index contributed by atoms with van der Waals surface area (Å²) in [6, 6.07) is 8.27. The molecule has 2 aromatic carbocycles. The molecule has 8 heteroatoms. The zero-order chi connectivity index (χ0) is 23.5. The van der Waals surface area contributed by atoms with Gasteiger partial charge in [-0.2, -0.15) is 0 Å². The summed E-state index contributed by atoms with van der Waals surface area (Å²) < 4.78 is 47.6. The van der Waals surface area contributed by atoms with Gasteiger partial charge in [0, 0.05) is 37.1 Å². The van der Waals surface area contributed by atoms with Gasteiger partial charge in [-0.3, -0.25) is 14.8 Å². The topological polar surface area (TPSA) is 54.8 Å². The van der Waals surface area contributed by atoms with Crippen LogP contribution < -0.4 is 4.74 Å². The minimum Gasteiger partial charge on any atom is -0.493 e. The van der Waals surface area contributed by atoms with E-state index in [4.69, 9.17) is 4.74 Å². The summed E-state index contributed by atoms with van der Waals surface area (Å²) in [5.41, 5.74) is 3.12. The lowest BCUT2D eigenvalue weighted by atomic mass is 10.0. The van der Waals surface area contributed by atoms with E-state index in [1.807, 2.05) is 0 Å². The number of pyridine rings is 1. The Bertz CT molecular complexity index is 1240. The Morgan fingerprint density at radius 1 is 1.21 bits per heavy atom. The number of carbonyl (C=O) groups excluding carboxylic acids is 1. The second-order valence-corrected chi connectivity index (χ2v) is 7.66. The number of carbonyl (C=O) groups is 1. The van der Waals surface area contributed by atoms with Crippen molar-refractivity contribution < 1.29 is 22.7 Å². The quantitative estimate of drug-likeness (QED) is 0.500. The molecule has 5 nitrogen and oxygen atoms in total. The SMILES string of the molecule is CCOc1cc(C(=O)N(C)Cc2cnc(CF)c3c2CN=C3)c(F)cc1-c1cccc(F)c1. The van der Waals surface area contributed by atoms with Crippen molar-refractivity contribution in [2.24, 2.45) is 4.99 Å². The van der Waals surface area contributed by atoms with Crippen LogP contribution in [0.2, 0.25) is 0 Å². The van der Waals surface area contributed by atoms with Gasteiger partial charge in [0.1, 0.15) is 24.1 Å². The van der Waals surface area contributed by atoms with Gasteiger partial charge >= 0.3 is 0 Å². The molecule has 0 saturated carbocycles. The van der Waals surface area contributed by atoms with Crippen molar-refractivity contribution in [2.45, 2.75) is 26.7 Å². The van der Waals surface area contributed by atoms with E-state index in [0.717, 1.165) is 11.1 Å². The number of aromatic nitrogens is 1. The molecule has 1 amide bonds. The zero-order valence-electron chi connectivity index (χ0n) is 18.2. The Labute approximate surface area is 189 Å². The van der Waals surface area contributed by atoms with Gasteiger partial charge in [-0.25, -0.2) is 13.2 Å². The van der Waals surface area contributed by atoms with Crippen molar-refractivity contribution in [2.75, 3.05) is 13.7 Å². The van der Waals surface area contributed by atoms with Crippen LogP contribution in [0.1, 0.15) is 39.7 Å². The Kier molecular flexibility index (Phi) is 6.44. The van der Waals surface area contributed by atoms with Gasteiger partial charge in [-0.15, -0.1) is 0 Å². The number of rotatable bonds is 7. The minimum absolute atomic E-state index is 0.152. The third-order valence-corrected chi connectivity index (χ3v) is 5.49. The molecule has 1 aliphatic rings. The highest BCUT2D eigenvalue weighted by atomic mass is 19.1. The lowest BCUT2D eigenvalue weighted by Crippen LogP contribution is -2.28. The fraction of sp³-hybridized carbons (Fsp3) is 0.240. The summed E-state index contributed by atoms with van der Waals surface area (Å²) in [6.45, 7) is 1.89. The maximum atomic E-state index is 15.1. The Balaban J connectivity index is 1.64. The van der Waals surface area contributed by atoms with E-state index in [1.165, 1.54) is 41.4 Å². The standard InChI is InChI=1S/C25H22F3N3O2/c1-3-33-24-9-19(22(28)8-18(24)15-5-4-6-17(27)7-15)25(32)31(2)14-16-11-30-23(10-26)21-13-29-12-20(16)21/h4-9,11,13H,3,10,12,14H2,1-2H3. The maximum absolute atomic E-state index is 15.1. The minimum atomic E-state index is -0.742. The molecule has 0 atom stereocenters. The lowest BCUT2D eigenvalue weighted by Gasteiger charge is -2.21. The Morgan fingerprint density at radius 2 is 2.03 bits per heavy atom. The number of aliphatic imine (C=N–C) groups is 1. The van der Waals surface area contributed by atoms with Gasteiger partial charge < -0.3 is 9.64 Å². The number of amides is 1. The van der Waals surface area contributed by atoms with Crippen LogP contribution in [0, 0.1) is 11.6 Å². The molecule has 0 fully saturated rings. The molecule has 1 aliphatic heterocycles. The highest BCUT2D eigenvalue weighted by Gasteiger charge is 2.23. The van der Waals surface area contributed by atoms with Gasteiger partial charge in [0.25, 0.3) is 5.91 Å². The van der Waals surface area contributed by atoms with Crippen LogP contribution in [0.5, 0.6) is 5.75 Å². The van der Waals surface area contributed by atoms with Gasteiger partial charge in [-0.05, 0) is 47.9 Å². The van der Waals surface area contributed by atoms with Crippen LogP contribution in [0.25, 0.3) is 11.1 Å². The van der Waals surface area contributed by atoms with Crippen LogP contribution in [0.3, 0.4) is 0 Å². The predicted octanol–water partition coefficient (Wildman–Crippen LogP) is 5.10. The van der Waals surface area contributed by atoms with Gasteiger partial charge in [0.05, 0.1) is 24.4 Å². The maximum Gasteiger partial charge on any atom is 0.257 e. The van der Waals surface area contributed by atoms with Crippen molar-refractivity contribution in [3.63, 3.8) is 0 Å². The third kappa shape index (κ3) is 4.46. The number of ether oxygens (including phenoxy) is 1. The number of hydrogen-bond donors (Lipinski definition) is 0. The van der Waals surface area contributed by atoms with E-state index in [-0.39, 0.29) is 24.5 Å². The third-order valence-electron chi connectivity index (χ3n) is 5.49. The van der Waals surface area contributed by atoms with Crippen molar-refractivity contribution >= 4 is 12.1 Å². The van der Waals surface area contributed by atoms with E-state index in [2.05, 4.69) is 9.98 Å². The first kappa shape index (κ1) is 22.5. The molecule has 33 heavy (non-hydrogen) atoms. The monoisotopic (exact) mass is 453 g/mol. The summed E-state index contributed by atoms with van der Waals surface area (Å²) in [5.74, 6) is -1.47. The number of nitrogens with zero attached hydrogens (tertiary/aromatic N) is 3. The Hall–Kier alpha value is -3.68. The summed E-state index contributed by atoms with van der Waals surface area (Å²) in [4.78, 5) is 22.8. The van der Waals surface area contributed by atoms with Crippen molar-refractivity contribution in [3.8, 4) is 16.9 Å².